The van der Waals surface area contributed by atoms with E-state index in [9.17, 15) is 0 Å². The van der Waals surface area contributed by atoms with Crippen LogP contribution in [0.3, 0.4) is 0 Å². The highest BCUT2D eigenvalue weighted by Gasteiger charge is 2.42. The summed E-state index contributed by atoms with van der Waals surface area (Å²) in [7, 11) is 0. The second-order valence-corrected chi connectivity index (χ2v) is 7.40. The van der Waals surface area contributed by atoms with Crippen LogP contribution in [0.2, 0.25) is 0 Å². The normalized spacial score (nSPS) is 13.3. The number of hydrogen-bond acceptors (Lipinski definition) is 3. The first-order valence-corrected chi connectivity index (χ1v) is 9.08. The lowest BCUT2D eigenvalue weighted by Gasteiger charge is -2.25. The van der Waals surface area contributed by atoms with Crippen molar-refractivity contribution < 1.29 is 4.39 Å². The summed E-state index contributed by atoms with van der Waals surface area (Å²) in [5.74, 6) is 0. The Morgan fingerprint density at radius 2 is 1.57 bits per heavy atom. The van der Waals surface area contributed by atoms with Crippen molar-refractivity contribution >= 4 is 52.4 Å². The van der Waals surface area contributed by atoms with E-state index in [0.717, 1.165) is 0 Å². The minimum Gasteiger partial charge on any atom is -0.247 e. The van der Waals surface area contributed by atoms with Gasteiger partial charge in [-0.1, -0.05) is 18.2 Å². The van der Waals surface area contributed by atoms with Gasteiger partial charge in [0.15, 0.2) is 0 Å². The van der Waals surface area contributed by atoms with E-state index in [-0.39, 0.29) is 17.1 Å². The number of hydrogen-bond donors (Lipinski definition) is 0. The fourth-order valence-corrected chi connectivity index (χ4v) is 2.98. The maximum Gasteiger partial charge on any atom is 0.235 e. The van der Waals surface area contributed by atoms with Crippen molar-refractivity contribution in [1.29, 1.82) is 0 Å². The lowest BCUT2D eigenvalue weighted by molar-refractivity contribution is 0.256. The monoisotopic (exact) mass is 503 g/mol. The minimum absolute atomic E-state index is 0.211. The van der Waals surface area contributed by atoms with E-state index < -0.39 is 5.67 Å². The maximum absolute atomic E-state index is 16.3. The maximum atomic E-state index is 16.3. The number of nitrogens with zero attached hydrogens (tertiary/aromatic N) is 3. The van der Waals surface area contributed by atoms with Gasteiger partial charge in [0.25, 0.3) is 0 Å². The first kappa shape index (κ1) is 18.4. The molecule has 0 fully saturated rings. The lowest BCUT2D eigenvalue weighted by atomic mass is 9.92. The van der Waals surface area contributed by atoms with Gasteiger partial charge in [0.05, 0.1) is 21.7 Å². The Hall–Kier alpha value is -0.920. The number of rotatable bonds is 4. The fraction of sp³-hybridized carbons (Fsp3) is 0.188. The van der Waals surface area contributed by atoms with Crippen LogP contribution in [0.1, 0.15) is 25.2 Å². The van der Waals surface area contributed by atoms with Crippen molar-refractivity contribution in [3.63, 3.8) is 0 Å². The molecule has 0 N–H and O–H groups in total. The number of allylic oxidation sites excluding steroid dienone is 2. The Kier molecular flexibility index (Phi) is 6.22. The van der Waals surface area contributed by atoms with Crippen LogP contribution in [0.5, 0.6) is 0 Å². The Morgan fingerprint density at radius 1 is 1.09 bits per heavy atom. The van der Waals surface area contributed by atoms with Crippen molar-refractivity contribution in [2.24, 2.45) is 4.99 Å². The summed E-state index contributed by atoms with van der Waals surface area (Å²) in [5.41, 5.74) is -1.44. The molecule has 0 spiro atoms. The van der Waals surface area contributed by atoms with Gasteiger partial charge in [-0.25, -0.2) is 19.4 Å². The van der Waals surface area contributed by atoms with Crippen LogP contribution in [0.15, 0.2) is 62.4 Å². The van der Waals surface area contributed by atoms with Crippen LogP contribution in [-0.4, -0.2) is 14.6 Å². The van der Waals surface area contributed by atoms with Crippen molar-refractivity contribution in [2.75, 3.05) is 0 Å². The summed E-state index contributed by atoms with van der Waals surface area (Å²) in [4.78, 5) is 12.9. The van der Waals surface area contributed by atoms with Gasteiger partial charge >= 0.3 is 0 Å². The highest BCUT2D eigenvalue weighted by atomic mass is 79.9. The molecule has 0 bridgehead atoms. The van der Waals surface area contributed by atoms with Crippen LogP contribution in [0.25, 0.3) is 0 Å². The SMILES string of the molecule is C/C=C(\N=C(C)Br)C(F)(c1cccc(Br)n1)c1cccc(Br)n1. The summed E-state index contributed by atoms with van der Waals surface area (Å²) in [6.45, 7) is 3.48. The van der Waals surface area contributed by atoms with E-state index in [1.54, 1.807) is 56.3 Å². The van der Waals surface area contributed by atoms with E-state index in [4.69, 9.17) is 0 Å². The van der Waals surface area contributed by atoms with Crippen molar-refractivity contribution in [1.82, 2.24) is 9.97 Å². The van der Waals surface area contributed by atoms with Gasteiger partial charge in [0.1, 0.15) is 9.21 Å². The predicted molar refractivity (Wildman–Crippen MR) is 102 cm³/mol. The molecule has 120 valence electrons. The third-order valence-electron chi connectivity index (χ3n) is 3.04. The Morgan fingerprint density at radius 3 is 1.91 bits per heavy atom. The highest BCUT2D eigenvalue weighted by Crippen LogP contribution is 2.40. The molecule has 2 aromatic heterocycles. The quantitative estimate of drug-likeness (QED) is 0.381. The minimum atomic E-state index is -2.07. The molecule has 7 heteroatoms. The van der Waals surface area contributed by atoms with E-state index in [1.807, 2.05) is 0 Å². The van der Waals surface area contributed by atoms with Crippen molar-refractivity contribution in [3.8, 4) is 0 Å². The molecule has 0 aromatic carbocycles. The topological polar surface area (TPSA) is 38.1 Å². The van der Waals surface area contributed by atoms with Gasteiger partial charge in [0, 0.05) is 0 Å². The third kappa shape index (κ3) is 4.14. The van der Waals surface area contributed by atoms with Crippen LogP contribution in [0.4, 0.5) is 4.39 Å². The van der Waals surface area contributed by atoms with Gasteiger partial charge in [-0.2, -0.15) is 0 Å². The van der Waals surface area contributed by atoms with Crippen LogP contribution >= 0.6 is 47.8 Å². The zero-order valence-corrected chi connectivity index (χ0v) is 17.2. The molecule has 0 aliphatic carbocycles. The summed E-state index contributed by atoms with van der Waals surface area (Å²) in [6, 6.07) is 10.2. The standard InChI is InChI=1S/C16H13Br3FN3/c1-3-11(21-10(2)17)16(20,12-6-4-8-14(18)22-12)13-7-5-9-15(19)23-13/h3-9H,1-2H3/b11-3-,21-10?. The fourth-order valence-electron chi connectivity index (χ4n) is 2.10. The Balaban J connectivity index is 2.76. The zero-order chi connectivity index (χ0) is 17.0. The zero-order valence-electron chi connectivity index (χ0n) is 12.4. The van der Waals surface area contributed by atoms with Crippen LogP contribution in [0, 0.1) is 0 Å². The van der Waals surface area contributed by atoms with E-state index in [0.29, 0.717) is 13.8 Å². The number of pyridine rings is 2. The molecular formula is C16H13Br3FN3. The molecule has 3 nitrogen and oxygen atoms in total. The smallest absolute Gasteiger partial charge is 0.235 e. The molecule has 23 heavy (non-hydrogen) atoms. The molecule has 0 unspecified atom stereocenters. The molecule has 2 rings (SSSR count). The molecule has 0 saturated carbocycles. The van der Waals surface area contributed by atoms with E-state index in [1.165, 1.54) is 0 Å². The Labute approximate surface area is 159 Å². The van der Waals surface area contributed by atoms with Gasteiger partial charge in [-0.3, -0.25) is 0 Å². The molecule has 0 aliphatic rings. The number of alkyl halides is 1. The van der Waals surface area contributed by atoms with Gasteiger partial charge in [-0.05, 0) is 85.9 Å². The van der Waals surface area contributed by atoms with Gasteiger partial charge < -0.3 is 0 Å². The molecule has 2 aromatic rings. The third-order valence-corrected chi connectivity index (χ3v) is 4.10. The summed E-state index contributed by atoms with van der Waals surface area (Å²) in [5, 5.41) is 0. The number of aliphatic imine (C=N–C) groups is 1. The van der Waals surface area contributed by atoms with Crippen LogP contribution in [-0.2, 0) is 5.67 Å². The van der Waals surface area contributed by atoms with Crippen molar-refractivity contribution in [3.05, 3.63) is 68.8 Å². The van der Waals surface area contributed by atoms with E-state index >= 15 is 4.39 Å². The molecule has 0 atom stereocenters. The second-order valence-electron chi connectivity index (χ2n) is 4.63. The van der Waals surface area contributed by atoms with Gasteiger partial charge in [-0.15, -0.1) is 0 Å². The Bertz CT molecular complexity index is 725. The largest absolute Gasteiger partial charge is 0.247 e. The molecule has 2 heterocycles. The molecule has 0 saturated heterocycles. The lowest BCUT2D eigenvalue weighted by Crippen LogP contribution is -2.27. The summed E-state index contributed by atoms with van der Waals surface area (Å²) >= 11 is 9.85. The molecular weight excluding hydrogens is 493 g/mol. The first-order valence-electron chi connectivity index (χ1n) is 6.70. The first-order chi connectivity index (χ1) is 10.9. The number of aromatic nitrogens is 2. The molecule has 0 amide bonds. The second kappa shape index (κ2) is 7.77. The summed E-state index contributed by atoms with van der Waals surface area (Å²) < 4.78 is 17.9. The average Bonchev–Trinajstić information content (AvgIpc) is 2.51. The molecule has 0 radical (unpaired) electrons. The number of halogens is 4. The van der Waals surface area contributed by atoms with Crippen molar-refractivity contribution in [2.45, 2.75) is 19.5 Å². The molecule has 0 aliphatic heterocycles. The predicted octanol–water partition coefficient (Wildman–Crippen LogP) is 5.93. The van der Waals surface area contributed by atoms with Crippen LogP contribution < -0.4 is 0 Å². The van der Waals surface area contributed by atoms with E-state index in [2.05, 4.69) is 62.8 Å². The van der Waals surface area contributed by atoms with Gasteiger partial charge in [0.2, 0.25) is 5.67 Å². The average molecular weight is 506 g/mol. The highest BCUT2D eigenvalue weighted by molar-refractivity contribution is 9.18. The summed E-state index contributed by atoms with van der Waals surface area (Å²) in [6.07, 6.45) is 1.62.